The maximum atomic E-state index is 4.88. The third kappa shape index (κ3) is 7.09. The van der Waals surface area contributed by atoms with Gasteiger partial charge in [0.1, 0.15) is 5.82 Å². The fourth-order valence-electron chi connectivity index (χ4n) is 6.31. The zero-order valence-corrected chi connectivity index (χ0v) is 25.4. The highest BCUT2D eigenvalue weighted by Gasteiger charge is 2.28. The van der Waals surface area contributed by atoms with Crippen molar-refractivity contribution in [1.82, 2.24) is 30.2 Å². The lowest BCUT2D eigenvalue weighted by molar-refractivity contribution is 0.153. The molecule has 1 unspecified atom stereocenters. The van der Waals surface area contributed by atoms with E-state index in [9.17, 15) is 0 Å². The van der Waals surface area contributed by atoms with Crippen LogP contribution in [0.4, 0.5) is 0 Å². The summed E-state index contributed by atoms with van der Waals surface area (Å²) in [6.07, 6.45) is 9.09. The summed E-state index contributed by atoms with van der Waals surface area (Å²) in [5.74, 6) is 0.968. The molecule has 0 aliphatic heterocycles. The van der Waals surface area contributed by atoms with E-state index in [4.69, 9.17) is 9.97 Å². The molecule has 0 fully saturated rings. The van der Waals surface area contributed by atoms with Gasteiger partial charge in [0.2, 0.25) is 0 Å². The number of hydrogen-bond acceptors (Lipinski definition) is 5. The highest BCUT2D eigenvalue weighted by Crippen LogP contribution is 2.35. The van der Waals surface area contributed by atoms with E-state index >= 15 is 0 Å². The van der Waals surface area contributed by atoms with Gasteiger partial charge in [-0.15, -0.1) is 0 Å². The van der Waals surface area contributed by atoms with Gasteiger partial charge in [-0.1, -0.05) is 91.0 Å². The van der Waals surface area contributed by atoms with Gasteiger partial charge in [0.05, 0.1) is 35.9 Å². The maximum Gasteiger partial charge on any atom is 0.120 e. The molecule has 0 spiro atoms. The Morgan fingerprint density at radius 1 is 0.667 bits per heavy atom. The largest absolute Gasteiger partial charge is 0.341 e. The van der Waals surface area contributed by atoms with Crippen LogP contribution >= 0.6 is 0 Å². The molecule has 224 valence electrons. The number of aryl methyl sites for hydroxylation is 1. The first-order valence-electron chi connectivity index (χ1n) is 15.8. The normalized spacial score (nSPS) is 14.4. The van der Waals surface area contributed by atoms with Gasteiger partial charge < -0.3 is 10.3 Å². The van der Waals surface area contributed by atoms with Crippen molar-refractivity contribution in [2.24, 2.45) is 0 Å². The predicted molar refractivity (Wildman–Crippen MR) is 180 cm³/mol. The Morgan fingerprint density at radius 3 is 2.24 bits per heavy atom. The molecule has 3 aromatic heterocycles. The Kier molecular flexibility index (Phi) is 8.85. The van der Waals surface area contributed by atoms with Crippen LogP contribution in [0.25, 0.3) is 22.4 Å². The molecule has 0 amide bonds. The van der Waals surface area contributed by atoms with Crippen LogP contribution in [-0.2, 0) is 32.6 Å². The highest BCUT2D eigenvalue weighted by atomic mass is 15.2. The molecule has 3 heterocycles. The van der Waals surface area contributed by atoms with Crippen LogP contribution in [0.5, 0.6) is 0 Å². The number of pyridine rings is 2. The van der Waals surface area contributed by atoms with Crippen LogP contribution in [0.2, 0.25) is 0 Å². The van der Waals surface area contributed by atoms with Gasteiger partial charge in [-0.05, 0) is 70.8 Å². The quantitative estimate of drug-likeness (QED) is 0.161. The molecular formula is C39H38N6. The number of nitrogens with zero attached hydrogens (tertiary/aromatic N) is 4. The number of benzene rings is 3. The lowest BCUT2D eigenvalue weighted by Gasteiger charge is -2.34. The predicted octanol–water partition coefficient (Wildman–Crippen LogP) is 7.90. The van der Waals surface area contributed by atoms with E-state index < -0.39 is 0 Å². The molecule has 45 heavy (non-hydrogen) atoms. The molecule has 1 aliphatic rings. The van der Waals surface area contributed by atoms with Gasteiger partial charge in [-0.2, -0.15) is 0 Å². The first-order chi connectivity index (χ1) is 22.3. The van der Waals surface area contributed by atoms with E-state index in [-0.39, 0.29) is 6.04 Å². The lowest BCUT2D eigenvalue weighted by atomic mass is 9.90. The van der Waals surface area contributed by atoms with Crippen molar-refractivity contribution in [3.05, 3.63) is 162 Å². The smallest absolute Gasteiger partial charge is 0.120 e. The fourth-order valence-corrected chi connectivity index (χ4v) is 6.31. The number of hydrogen-bond donors (Lipinski definition) is 2. The number of rotatable bonds is 11. The van der Waals surface area contributed by atoms with E-state index in [1.165, 1.54) is 33.5 Å². The molecule has 3 aromatic carbocycles. The molecule has 0 saturated heterocycles. The van der Waals surface area contributed by atoms with Crippen LogP contribution in [0, 0.1) is 0 Å². The zero-order chi connectivity index (χ0) is 30.3. The highest BCUT2D eigenvalue weighted by molar-refractivity contribution is 5.68. The molecule has 0 saturated carbocycles. The Balaban J connectivity index is 1.07. The second-order valence-corrected chi connectivity index (χ2v) is 11.8. The average molecular weight is 591 g/mol. The molecule has 1 atom stereocenters. The van der Waals surface area contributed by atoms with Crippen molar-refractivity contribution < 1.29 is 0 Å². The molecule has 0 bridgehead atoms. The SMILES string of the molecule is c1ccc(-c2ccc(-c3cnc(CN(Cc4ccc(CNCc5ccccn5)cc4)C4CCCc5cccnc54)[nH]3)cc2)cc1. The summed E-state index contributed by atoms with van der Waals surface area (Å²) in [6, 6.07) is 38.7. The Bertz CT molecular complexity index is 1800. The number of nitrogens with one attached hydrogen (secondary N) is 2. The van der Waals surface area contributed by atoms with Crippen LogP contribution in [0.3, 0.4) is 0 Å². The van der Waals surface area contributed by atoms with E-state index in [0.29, 0.717) is 0 Å². The molecule has 6 heteroatoms. The van der Waals surface area contributed by atoms with Crippen molar-refractivity contribution >= 4 is 0 Å². The van der Waals surface area contributed by atoms with Gasteiger partial charge in [0.25, 0.3) is 0 Å². The second kappa shape index (κ2) is 13.8. The van der Waals surface area contributed by atoms with Gasteiger partial charge in [-0.25, -0.2) is 4.98 Å². The molecule has 6 nitrogen and oxygen atoms in total. The number of aromatic nitrogens is 4. The summed E-state index contributed by atoms with van der Waals surface area (Å²) in [5.41, 5.74) is 10.8. The van der Waals surface area contributed by atoms with Crippen molar-refractivity contribution in [3.63, 3.8) is 0 Å². The first kappa shape index (κ1) is 28.8. The van der Waals surface area contributed by atoms with Crippen LogP contribution in [-0.4, -0.2) is 24.8 Å². The number of imidazole rings is 1. The third-order valence-electron chi connectivity index (χ3n) is 8.66. The number of aromatic amines is 1. The van der Waals surface area contributed by atoms with E-state index in [1.807, 2.05) is 42.9 Å². The van der Waals surface area contributed by atoms with E-state index in [0.717, 1.165) is 68.2 Å². The number of H-pyrrole nitrogens is 1. The van der Waals surface area contributed by atoms with Crippen molar-refractivity contribution in [2.45, 2.75) is 51.5 Å². The minimum Gasteiger partial charge on any atom is -0.341 e. The molecule has 1 aliphatic carbocycles. The molecule has 2 N–H and O–H groups in total. The zero-order valence-electron chi connectivity index (χ0n) is 25.4. The van der Waals surface area contributed by atoms with Crippen molar-refractivity contribution in [2.75, 3.05) is 0 Å². The van der Waals surface area contributed by atoms with Crippen LogP contribution < -0.4 is 5.32 Å². The second-order valence-electron chi connectivity index (χ2n) is 11.8. The summed E-state index contributed by atoms with van der Waals surface area (Å²) in [6.45, 7) is 3.11. The minimum atomic E-state index is 0.244. The van der Waals surface area contributed by atoms with Crippen molar-refractivity contribution in [1.29, 1.82) is 0 Å². The molecule has 7 rings (SSSR count). The third-order valence-corrected chi connectivity index (χ3v) is 8.66. The molecule has 0 radical (unpaired) electrons. The fraction of sp³-hybridized carbons (Fsp3) is 0.205. The summed E-state index contributed by atoms with van der Waals surface area (Å²) in [5, 5.41) is 3.51. The van der Waals surface area contributed by atoms with Gasteiger partial charge >= 0.3 is 0 Å². The topological polar surface area (TPSA) is 69.7 Å². The maximum absolute atomic E-state index is 4.88. The first-order valence-corrected chi connectivity index (χ1v) is 15.8. The van der Waals surface area contributed by atoms with Gasteiger partial charge in [-0.3, -0.25) is 14.9 Å². The molecule has 6 aromatic rings. The minimum absolute atomic E-state index is 0.244. The van der Waals surface area contributed by atoms with E-state index in [2.05, 4.69) is 105 Å². The summed E-state index contributed by atoms with van der Waals surface area (Å²) in [7, 11) is 0. The molecular weight excluding hydrogens is 552 g/mol. The van der Waals surface area contributed by atoms with Crippen molar-refractivity contribution in [3.8, 4) is 22.4 Å². The van der Waals surface area contributed by atoms with Crippen LogP contribution in [0.1, 0.15) is 52.8 Å². The Morgan fingerprint density at radius 2 is 1.42 bits per heavy atom. The van der Waals surface area contributed by atoms with E-state index in [1.54, 1.807) is 0 Å². The summed E-state index contributed by atoms with van der Waals surface area (Å²) >= 11 is 0. The monoisotopic (exact) mass is 590 g/mol. The lowest BCUT2D eigenvalue weighted by Crippen LogP contribution is -2.31. The summed E-state index contributed by atoms with van der Waals surface area (Å²) in [4.78, 5) is 20.3. The standard InChI is InChI=1S/C39H38N6/c1-2-8-31(9-3-1)32-18-20-33(21-19-32)36-26-43-38(44-36)28-45(37-13-6-10-34-11-7-23-42-39(34)37)27-30-16-14-29(15-17-30)24-40-25-35-12-4-5-22-41-35/h1-5,7-9,11-12,14-23,26,37,40H,6,10,13,24-25,27-28H2,(H,43,44). The van der Waals surface area contributed by atoms with Gasteiger partial charge in [0, 0.05) is 32.0 Å². The Hall–Kier alpha value is -4.91. The Labute approximate surface area is 265 Å². The number of fused-ring (bicyclic) bond motifs is 1. The summed E-state index contributed by atoms with van der Waals surface area (Å²) < 4.78 is 0. The van der Waals surface area contributed by atoms with Gasteiger partial charge in [0.15, 0.2) is 0 Å². The average Bonchev–Trinajstić information content (AvgIpc) is 3.58. The van der Waals surface area contributed by atoms with Crippen LogP contribution in [0.15, 0.2) is 128 Å².